The Morgan fingerprint density at radius 1 is 1.26 bits per heavy atom. The second kappa shape index (κ2) is 12.0. The van der Waals surface area contributed by atoms with E-state index >= 15 is 4.39 Å². The lowest BCUT2D eigenvalue weighted by Crippen LogP contribution is -2.59. The molecule has 2 aromatic heterocycles. The average Bonchev–Trinajstić information content (AvgIpc) is 3.82. The number of benzene rings is 2. The maximum absolute atomic E-state index is 17.5. The van der Waals surface area contributed by atoms with E-state index in [1.54, 1.807) is 11.7 Å². The number of terminal acetylenes is 1. The number of nitrogens with zero attached hydrogens (tertiary/aromatic N) is 6. The molecule has 4 fully saturated rings. The SMILES string of the molecule is C#Cc1c(/C=C\C(=C)F)cc(O)cc1-c1c(F)c2nc(OC[C@@]34CCCN3C[C@H](F)C4)nc(N3C[C@H]4CC[C@@](CC)(C3)N4)c2c2cn(C)nc12. The van der Waals surface area contributed by atoms with E-state index in [1.165, 1.54) is 18.2 Å². The Bertz CT molecular complexity index is 2130. The Hall–Kier alpha value is -4.60. The quantitative estimate of drug-likeness (QED) is 0.168. The summed E-state index contributed by atoms with van der Waals surface area (Å²) in [6.07, 6.45) is 14.5. The number of hydrogen-bond acceptors (Lipinski definition) is 8. The lowest BCUT2D eigenvalue weighted by Gasteiger charge is -2.42. The van der Waals surface area contributed by atoms with Gasteiger partial charge in [0.2, 0.25) is 0 Å². The van der Waals surface area contributed by atoms with E-state index in [-0.39, 0.29) is 52.2 Å². The van der Waals surface area contributed by atoms with Crippen LogP contribution in [0.4, 0.5) is 19.0 Å². The topological polar surface area (TPSA) is 91.6 Å². The lowest BCUT2D eigenvalue weighted by molar-refractivity contribution is 0.107. The number of anilines is 1. The molecule has 0 spiro atoms. The molecule has 4 aromatic rings. The zero-order valence-electron chi connectivity index (χ0n) is 28.3. The summed E-state index contributed by atoms with van der Waals surface area (Å²) in [5.74, 6) is 1.56. The van der Waals surface area contributed by atoms with Crippen molar-refractivity contribution in [2.75, 3.05) is 37.7 Å². The number of alkyl halides is 1. The van der Waals surface area contributed by atoms with Gasteiger partial charge in [0, 0.05) is 73.0 Å². The maximum Gasteiger partial charge on any atom is 0.319 e. The van der Waals surface area contributed by atoms with Gasteiger partial charge in [0.05, 0.1) is 10.9 Å². The first kappa shape index (κ1) is 32.6. The predicted molar refractivity (Wildman–Crippen MR) is 188 cm³/mol. The number of phenols is 1. The number of allylic oxidation sites excluding steroid dienone is 2. The minimum absolute atomic E-state index is 0.0127. The van der Waals surface area contributed by atoms with E-state index in [4.69, 9.17) is 26.2 Å². The average molecular weight is 684 g/mol. The van der Waals surface area contributed by atoms with Crippen LogP contribution in [-0.4, -0.2) is 85.8 Å². The van der Waals surface area contributed by atoms with Crippen molar-refractivity contribution in [3.05, 3.63) is 53.8 Å². The number of aromatic nitrogens is 4. The normalized spacial score (nSPS) is 26.4. The van der Waals surface area contributed by atoms with Crippen LogP contribution in [0.25, 0.3) is 39.0 Å². The van der Waals surface area contributed by atoms with Crippen molar-refractivity contribution in [2.45, 2.75) is 68.7 Å². The van der Waals surface area contributed by atoms with Crippen molar-refractivity contribution in [2.24, 2.45) is 7.05 Å². The second-order valence-electron chi connectivity index (χ2n) is 14.4. The van der Waals surface area contributed by atoms with Crippen LogP contribution in [0.1, 0.15) is 56.6 Å². The molecular weight excluding hydrogens is 643 g/mol. The minimum atomic E-state index is -0.928. The van der Waals surface area contributed by atoms with Crippen LogP contribution in [0.15, 0.2) is 36.8 Å². The zero-order chi connectivity index (χ0) is 34.9. The van der Waals surface area contributed by atoms with E-state index in [0.717, 1.165) is 44.7 Å². The molecule has 4 atom stereocenters. The molecule has 6 heterocycles. The molecule has 0 unspecified atom stereocenters. The number of rotatable bonds is 8. The van der Waals surface area contributed by atoms with Crippen LogP contribution in [-0.2, 0) is 7.05 Å². The molecule has 0 saturated carbocycles. The molecule has 0 radical (unpaired) electrons. The van der Waals surface area contributed by atoms with Gasteiger partial charge in [0.25, 0.3) is 0 Å². The molecule has 0 amide bonds. The first-order valence-electron chi connectivity index (χ1n) is 17.3. The summed E-state index contributed by atoms with van der Waals surface area (Å²) < 4.78 is 53.8. The van der Waals surface area contributed by atoms with Crippen LogP contribution in [0.5, 0.6) is 11.8 Å². The van der Waals surface area contributed by atoms with E-state index in [9.17, 15) is 13.9 Å². The van der Waals surface area contributed by atoms with Crippen molar-refractivity contribution in [1.29, 1.82) is 0 Å². The highest BCUT2D eigenvalue weighted by molar-refractivity contribution is 6.16. The Balaban J connectivity index is 1.35. The number of ether oxygens (including phenoxy) is 1. The Morgan fingerprint density at radius 3 is 2.88 bits per heavy atom. The van der Waals surface area contributed by atoms with Crippen molar-refractivity contribution < 1.29 is 23.0 Å². The number of hydrogen-bond donors (Lipinski definition) is 2. The van der Waals surface area contributed by atoms with E-state index in [2.05, 4.69) is 34.5 Å². The molecule has 8 rings (SSSR count). The van der Waals surface area contributed by atoms with Crippen LogP contribution >= 0.6 is 0 Å². The molecule has 0 aliphatic carbocycles. The van der Waals surface area contributed by atoms with Gasteiger partial charge in [-0.15, -0.1) is 6.42 Å². The van der Waals surface area contributed by atoms with Gasteiger partial charge in [-0.2, -0.15) is 15.1 Å². The molecule has 9 nitrogen and oxygen atoms in total. The Morgan fingerprint density at radius 2 is 2.10 bits per heavy atom. The number of nitrogens with one attached hydrogen (secondary N) is 1. The van der Waals surface area contributed by atoms with Gasteiger partial charge in [-0.05, 0) is 62.4 Å². The molecule has 4 saturated heterocycles. The molecule has 50 heavy (non-hydrogen) atoms. The van der Waals surface area contributed by atoms with Gasteiger partial charge in [0.15, 0.2) is 5.82 Å². The Kier molecular flexibility index (Phi) is 7.84. The highest BCUT2D eigenvalue weighted by Gasteiger charge is 2.50. The third-order valence-corrected chi connectivity index (χ3v) is 11.3. The standard InChI is InChI=1S/C38H40F3N7O2/c1-5-27-23(9-8-22(3)39)14-26(49)15-28(27)30-32(41)34-31(29-19-46(4)45-33(29)30)35(47-18-25-10-12-37(6-2,20-47)44-25)43-36(42-34)50-21-38-11-7-13-48(38)17-24(40)16-38/h1,8-9,14-15,19,24-25,44,49H,3,6-7,10-13,16-18,20-21H2,2,4H3/b9-8-/t24-,25-,37+,38+/m1/s1. The van der Waals surface area contributed by atoms with Gasteiger partial charge >= 0.3 is 6.01 Å². The van der Waals surface area contributed by atoms with Gasteiger partial charge in [-0.25, -0.2) is 13.2 Å². The predicted octanol–water partition coefficient (Wildman–Crippen LogP) is 6.18. The number of aromatic hydroxyl groups is 1. The van der Waals surface area contributed by atoms with E-state index in [1.807, 2.05) is 6.20 Å². The first-order chi connectivity index (χ1) is 24.0. The molecule has 2 aromatic carbocycles. The Labute approximate surface area is 288 Å². The number of phenolic OH excluding ortho intramolecular Hbond substituents is 1. The number of piperazine rings is 1. The molecule has 12 heteroatoms. The van der Waals surface area contributed by atoms with E-state index < -0.39 is 23.4 Å². The third kappa shape index (κ3) is 5.29. The monoisotopic (exact) mass is 683 g/mol. The van der Waals surface area contributed by atoms with Crippen LogP contribution < -0.4 is 15.0 Å². The summed E-state index contributed by atoms with van der Waals surface area (Å²) in [4.78, 5) is 14.1. The summed E-state index contributed by atoms with van der Waals surface area (Å²) in [7, 11) is 1.75. The molecule has 2 bridgehead atoms. The molecule has 4 aliphatic rings. The van der Waals surface area contributed by atoms with Gasteiger partial charge in [0.1, 0.15) is 41.2 Å². The summed E-state index contributed by atoms with van der Waals surface area (Å²) in [5.41, 5.74) is 0.572. The summed E-state index contributed by atoms with van der Waals surface area (Å²) >= 11 is 0. The number of aryl methyl sites for hydroxylation is 1. The van der Waals surface area contributed by atoms with Crippen molar-refractivity contribution in [3.63, 3.8) is 0 Å². The molecule has 2 N–H and O–H groups in total. The number of halogens is 3. The molecular formula is C38H40F3N7O2. The van der Waals surface area contributed by atoms with Gasteiger partial charge in [-0.1, -0.05) is 25.5 Å². The largest absolute Gasteiger partial charge is 0.508 e. The third-order valence-electron chi connectivity index (χ3n) is 11.3. The number of fused-ring (bicyclic) bond motifs is 6. The van der Waals surface area contributed by atoms with Crippen LogP contribution in [0.3, 0.4) is 0 Å². The summed E-state index contributed by atoms with van der Waals surface area (Å²) in [6, 6.07) is 3.03. The fourth-order valence-corrected chi connectivity index (χ4v) is 8.96. The minimum Gasteiger partial charge on any atom is -0.508 e. The lowest BCUT2D eigenvalue weighted by atomic mass is 9.91. The van der Waals surface area contributed by atoms with Crippen molar-refractivity contribution in [3.8, 4) is 35.2 Å². The van der Waals surface area contributed by atoms with E-state index in [0.29, 0.717) is 53.7 Å². The van der Waals surface area contributed by atoms with Crippen molar-refractivity contribution >= 4 is 33.7 Å². The van der Waals surface area contributed by atoms with Gasteiger partial charge < -0.3 is 20.1 Å². The maximum atomic E-state index is 17.5. The van der Waals surface area contributed by atoms with Gasteiger partial charge in [-0.3, -0.25) is 9.58 Å². The fourth-order valence-electron chi connectivity index (χ4n) is 8.96. The smallest absolute Gasteiger partial charge is 0.319 e. The fraction of sp³-hybridized carbons (Fsp3) is 0.447. The second-order valence-corrected chi connectivity index (χ2v) is 14.4. The highest BCUT2D eigenvalue weighted by atomic mass is 19.1. The zero-order valence-corrected chi connectivity index (χ0v) is 28.3. The van der Waals surface area contributed by atoms with Crippen LogP contribution in [0, 0.1) is 18.2 Å². The summed E-state index contributed by atoms with van der Waals surface area (Å²) in [5, 5.41) is 20.4. The highest BCUT2D eigenvalue weighted by Crippen LogP contribution is 2.45. The summed E-state index contributed by atoms with van der Waals surface area (Å²) in [6.45, 7) is 8.15. The van der Waals surface area contributed by atoms with Crippen LogP contribution in [0.2, 0.25) is 0 Å². The van der Waals surface area contributed by atoms with Crippen molar-refractivity contribution in [1.82, 2.24) is 30.0 Å². The first-order valence-corrected chi connectivity index (χ1v) is 17.3. The molecule has 260 valence electrons. The molecule has 4 aliphatic heterocycles.